The normalized spacial score (nSPS) is 13.8. The van der Waals surface area contributed by atoms with Crippen molar-refractivity contribution in [1.82, 2.24) is 4.90 Å². The van der Waals surface area contributed by atoms with E-state index in [9.17, 15) is 19.2 Å². The monoisotopic (exact) mass is 596 g/mol. The lowest BCUT2D eigenvalue weighted by Crippen LogP contribution is -2.36. The number of hydrogen-bond acceptors (Lipinski definition) is 8. The molecule has 2 N–H and O–H groups in total. The van der Waals surface area contributed by atoms with Crippen LogP contribution in [0.5, 0.6) is 17.2 Å². The summed E-state index contributed by atoms with van der Waals surface area (Å²) in [6, 6.07) is 16.1. The van der Waals surface area contributed by atoms with E-state index in [0.717, 1.165) is 10.5 Å². The molecule has 0 spiro atoms. The smallest absolute Gasteiger partial charge is 0.335 e. The lowest BCUT2D eigenvalue weighted by molar-refractivity contribution is -0.127. The summed E-state index contributed by atoms with van der Waals surface area (Å²) in [5.74, 6) is -0.954. The Morgan fingerprint density at radius 2 is 1.76 bits per heavy atom. The van der Waals surface area contributed by atoms with Crippen LogP contribution in [0.25, 0.3) is 6.08 Å². The van der Waals surface area contributed by atoms with Crippen molar-refractivity contribution in [2.45, 2.75) is 13.5 Å². The van der Waals surface area contributed by atoms with Gasteiger partial charge in [-0.3, -0.25) is 19.3 Å². The average Bonchev–Trinajstić information content (AvgIpc) is 3.20. The molecule has 1 fully saturated rings. The van der Waals surface area contributed by atoms with Gasteiger partial charge in [0.1, 0.15) is 18.9 Å². The number of carbonyl (C=O) groups excluding carboxylic acids is 3. The van der Waals surface area contributed by atoms with E-state index in [1.54, 1.807) is 48.5 Å². The summed E-state index contributed by atoms with van der Waals surface area (Å²) in [6.45, 7) is 2.04. The fraction of sp³-hybridized carbons (Fsp3) is 0.172. The predicted molar refractivity (Wildman–Crippen MR) is 155 cm³/mol. The molecule has 0 aliphatic carbocycles. The summed E-state index contributed by atoms with van der Waals surface area (Å²) < 4.78 is 16.6. The second-order valence-electron chi connectivity index (χ2n) is 8.60. The number of hydrogen-bond donors (Lipinski definition) is 2. The number of methoxy groups -OCH3 is 1. The summed E-state index contributed by atoms with van der Waals surface area (Å²) in [7, 11) is 1.43. The highest BCUT2D eigenvalue weighted by molar-refractivity contribution is 8.18. The highest BCUT2D eigenvalue weighted by Gasteiger charge is 2.36. The molecule has 1 aliphatic heterocycles. The maximum Gasteiger partial charge on any atom is 0.335 e. The molecule has 212 valence electrons. The van der Waals surface area contributed by atoms with Crippen molar-refractivity contribution in [3.05, 3.63) is 87.3 Å². The third-order valence-corrected chi connectivity index (χ3v) is 6.95. The lowest BCUT2D eigenvalue weighted by Gasteiger charge is -2.14. The number of benzene rings is 3. The molecule has 1 aliphatic rings. The van der Waals surface area contributed by atoms with Crippen LogP contribution in [0, 0.1) is 0 Å². The number of nitrogens with one attached hydrogen (secondary N) is 1. The Labute approximate surface area is 244 Å². The van der Waals surface area contributed by atoms with Gasteiger partial charge in [-0.25, -0.2) is 4.79 Å². The SMILES string of the molecule is CCOc1ccc(NC(=O)CN2C(=O)S/C(=C/c3cc(Cl)c(OCc4ccc(C(=O)O)cc4)c(OC)c3)C2=O)cc1. The van der Waals surface area contributed by atoms with Gasteiger partial charge in [0.2, 0.25) is 5.91 Å². The Morgan fingerprint density at radius 3 is 2.39 bits per heavy atom. The number of ether oxygens (including phenoxy) is 3. The van der Waals surface area contributed by atoms with Gasteiger partial charge in [0.25, 0.3) is 11.1 Å². The van der Waals surface area contributed by atoms with Crippen molar-refractivity contribution in [1.29, 1.82) is 0 Å². The Morgan fingerprint density at radius 1 is 1.05 bits per heavy atom. The van der Waals surface area contributed by atoms with Gasteiger partial charge in [0, 0.05) is 5.69 Å². The number of carbonyl (C=O) groups is 4. The maximum atomic E-state index is 13.0. The molecular weight excluding hydrogens is 572 g/mol. The van der Waals surface area contributed by atoms with Crippen LogP contribution in [-0.2, 0) is 16.2 Å². The molecule has 1 saturated heterocycles. The topological polar surface area (TPSA) is 131 Å². The van der Waals surface area contributed by atoms with E-state index in [4.69, 9.17) is 30.9 Å². The minimum atomic E-state index is -1.03. The first-order valence-corrected chi connectivity index (χ1v) is 13.5. The maximum absolute atomic E-state index is 13.0. The zero-order valence-corrected chi connectivity index (χ0v) is 23.6. The molecule has 41 heavy (non-hydrogen) atoms. The highest BCUT2D eigenvalue weighted by Crippen LogP contribution is 2.39. The summed E-state index contributed by atoms with van der Waals surface area (Å²) in [6.07, 6.45) is 1.48. The number of nitrogens with zero attached hydrogens (tertiary/aromatic N) is 1. The van der Waals surface area contributed by atoms with Gasteiger partial charge in [-0.15, -0.1) is 0 Å². The van der Waals surface area contributed by atoms with Crippen molar-refractivity contribution < 1.29 is 38.5 Å². The van der Waals surface area contributed by atoms with Gasteiger partial charge in [-0.1, -0.05) is 23.7 Å². The number of aromatic carboxylic acids is 1. The van der Waals surface area contributed by atoms with Crippen LogP contribution in [0.3, 0.4) is 0 Å². The van der Waals surface area contributed by atoms with Crippen molar-refractivity contribution in [2.75, 3.05) is 25.6 Å². The molecule has 0 bridgehead atoms. The minimum Gasteiger partial charge on any atom is -0.494 e. The molecule has 0 radical (unpaired) electrons. The summed E-state index contributed by atoms with van der Waals surface area (Å²) >= 11 is 7.17. The van der Waals surface area contributed by atoms with Crippen molar-refractivity contribution in [3.63, 3.8) is 0 Å². The van der Waals surface area contributed by atoms with Crippen molar-refractivity contribution in [3.8, 4) is 17.2 Å². The number of amides is 3. The number of halogens is 1. The molecule has 3 aromatic rings. The van der Waals surface area contributed by atoms with E-state index in [1.165, 1.54) is 25.3 Å². The van der Waals surface area contributed by atoms with Crippen LogP contribution in [0.1, 0.15) is 28.4 Å². The summed E-state index contributed by atoms with van der Waals surface area (Å²) in [5.41, 5.74) is 1.86. The number of carboxylic acids is 1. The van der Waals surface area contributed by atoms with Crippen LogP contribution < -0.4 is 19.5 Å². The second kappa shape index (κ2) is 13.2. The van der Waals surface area contributed by atoms with Crippen LogP contribution in [-0.4, -0.2) is 53.3 Å². The minimum absolute atomic E-state index is 0.104. The Kier molecular flexibility index (Phi) is 9.53. The molecule has 0 aromatic heterocycles. The average molecular weight is 597 g/mol. The van der Waals surface area contributed by atoms with Gasteiger partial charge < -0.3 is 24.6 Å². The second-order valence-corrected chi connectivity index (χ2v) is 10.00. The number of rotatable bonds is 11. The molecule has 1 heterocycles. The first-order valence-electron chi connectivity index (χ1n) is 12.3. The predicted octanol–water partition coefficient (Wildman–Crippen LogP) is 5.70. The number of thioether (sulfide) groups is 1. The molecular formula is C29H25ClN2O8S. The molecule has 12 heteroatoms. The number of carboxylic acid groups (broad SMARTS) is 1. The quantitative estimate of drug-likeness (QED) is 0.268. The fourth-order valence-electron chi connectivity index (χ4n) is 3.80. The van der Waals surface area contributed by atoms with Crippen molar-refractivity contribution in [2.24, 2.45) is 0 Å². The number of imide groups is 1. The van der Waals surface area contributed by atoms with E-state index in [2.05, 4.69) is 5.32 Å². The van der Waals surface area contributed by atoms with Crippen LogP contribution in [0.4, 0.5) is 10.5 Å². The van der Waals surface area contributed by atoms with Gasteiger partial charge in [-0.05, 0) is 84.4 Å². The van der Waals surface area contributed by atoms with Gasteiger partial charge in [0.15, 0.2) is 11.5 Å². The van der Waals surface area contributed by atoms with E-state index in [0.29, 0.717) is 41.1 Å². The molecule has 0 saturated carbocycles. The van der Waals surface area contributed by atoms with Crippen molar-refractivity contribution >= 4 is 58.1 Å². The first kappa shape index (κ1) is 29.5. The van der Waals surface area contributed by atoms with Crippen LogP contribution in [0.2, 0.25) is 5.02 Å². The molecule has 4 rings (SSSR count). The zero-order chi connectivity index (χ0) is 29.5. The number of anilines is 1. The van der Waals surface area contributed by atoms with E-state index in [1.807, 2.05) is 6.92 Å². The Bertz CT molecular complexity index is 1510. The Balaban J connectivity index is 1.42. The lowest BCUT2D eigenvalue weighted by atomic mass is 10.1. The third-order valence-electron chi connectivity index (χ3n) is 5.76. The molecule has 10 nitrogen and oxygen atoms in total. The van der Waals surface area contributed by atoms with Gasteiger partial charge in [0.05, 0.1) is 29.2 Å². The summed E-state index contributed by atoms with van der Waals surface area (Å²) in [4.78, 5) is 50.0. The highest BCUT2D eigenvalue weighted by atomic mass is 35.5. The van der Waals surface area contributed by atoms with Gasteiger partial charge in [-0.2, -0.15) is 0 Å². The van der Waals surface area contributed by atoms with E-state index < -0.39 is 29.6 Å². The largest absolute Gasteiger partial charge is 0.494 e. The molecule has 3 amide bonds. The summed E-state index contributed by atoms with van der Waals surface area (Å²) in [5, 5.41) is 11.3. The van der Waals surface area contributed by atoms with Crippen LogP contribution in [0.15, 0.2) is 65.6 Å². The zero-order valence-electron chi connectivity index (χ0n) is 22.0. The Hall–Kier alpha value is -4.48. The first-order chi connectivity index (χ1) is 19.7. The molecule has 3 aromatic carbocycles. The molecule has 0 atom stereocenters. The molecule has 0 unspecified atom stereocenters. The van der Waals surface area contributed by atoms with E-state index >= 15 is 0 Å². The van der Waals surface area contributed by atoms with Gasteiger partial charge >= 0.3 is 5.97 Å². The third kappa shape index (κ3) is 7.38. The van der Waals surface area contributed by atoms with Crippen LogP contribution >= 0.6 is 23.4 Å². The fourth-order valence-corrected chi connectivity index (χ4v) is 4.91. The standard InChI is InChI=1S/C29H25ClN2O8S/c1-3-39-21-10-8-20(9-11-21)31-25(33)15-32-27(34)24(41-29(32)37)14-18-12-22(30)26(23(13-18)38-2)40-16-17-4-6-19(7-5-17)28(35)36/h4-14H,3,15-16H2,1-2H3,(H,31,33)(H,35,36)/b24-14+. The van der Waals surface area contributed by atoms with E-state index in [-0.39, 0.29) is 27.8 Å².